The topological polar surface area (TPSA) is 72.5 Å². The molecule has 3 rings (SSSR count). The molecule has 1 aliphatic heterocycles. The van der Waals surface area contributed by atoms with Crippen LogP contribution in [0.25, 0.3) is 12.2 Å². The monoisotopic (exact) mass is 407 g/mol. The molecule has 1 atom stereocenters. The molecule has 6 heteroatoms. The van der Waals surface area contributed by atoms with Gasteiger partial charge >= 0.3 is 5.97 Å². The van der Waals surface area contributed by atoms with Crippen LogP contribution in [0.3, 0.4) is 0 Å². The van der Waals surface area contributed by atoms with E-state index in [0.717, 1.165) is 48.6 Å². The predicted octanol–water partition coefficient (Wildman–Crippen LogP) is 3.30. The van der Waals surface area contributed by atoms with Gasteiger partial charge in [-0.25, -0.2) is 4.79 Å². The third kappa shape index (κ3) is 6.54. The molecule has 6 nitrogen and oxygen atoms in total. The molecular formula is C24H29N3O3. The molecule has 0 amide bonds. The average Bonchev–Trinajstić information content (AvgIpc) is 3.29. The van der Waals surface area contributed by atoms with Gasteiger partial charge < -0.3 is 20.1 Å². The minimum atomic E-state index is -0.400. The Morgan fingerprint density at radius 1 is 1.27 bits per heavy atom. The smallest absolute Gasteiger partial charge is 0.339 e. The lowest BCUT2D eigenvalue weighted by atomic mass is 10.1. The number of hydrogen-bond acceptors (Lipinski definition) is 6. The molecular weight excluding hydrogens is 378 g/mol. The highest BCUT2D eigenvalue weighted by molar-refractivity contribution is 5.89. The first-order valence-electron chi connectivity index (χ1n) is 10.2. The molecule has 1 fully saturated rings. The molecule has 2 N–H and O–H groups in total. The zero-order valence-electron chi connectivity index (χ0n) is 17.4. The van der Waals surface area contributed by atoms with E-state index in [1.54, 1.807) is 18.3 Å². The van der Waals surface area contributed by atoms with Gasteiger partial charge in [0.1, 0.15) is 12.4 Å². The minimum Gasteiger partial charge on any atom is -0.490 e. The van der Waals surface area contributed by atoms with Gasteiger partial charge in [0, 0.05) is 18.9 Å². The first-order chi connectivity index (χ1) is 14.7. The number of ether oxygens (including phenoxy) is 2. The maximum Gasteiger partial charge on any atom is 0.339 e. The number of pyridine rings is 1. The third-order valence-corrected chi connectivity index (χ3v) is 4.93. The summed E-state index contributed by atoms with van der Waals surface area (Å²) in [4.78, 5) is 15.8. The Balaban J connectivity index is 1.72. The van der Waals surface area contributed by atoms with Gasteiger partial charge in [0.2, 0.25) is 0 Å². The number of methoxy groups -OCH3 is 1. The summed E-state index contributed by atoms with van der Waals surface area (Å²) in [5.41, 5.74) is 3.42. The molecule has 1 saturated heterocycles. The SMILES string of the molecule is C=CCOc1cc(/C=C/c2cncc(C(=O)OC)c2)cc(CNCC2CCNC2)c1. The van der Waals surface area contributed by atoms with Gasteiger partial charge in [-0.2, -0.15) is 0 Å². The number of benzene rings is 1. The molecule has 2 heterocycles. The standard InChI is InChI=1S/C24H29N3O3/c1-3-8-30-23-11-18(4-5-19-10-22(17-27-13-19)24(28)29-2)9-21(12-23)16-26-15-20-6-7-25-14-20/h3-5,9-13,17,20,25-26H,1,6-8,14-16H2,2H3/b5-4+. The summed E-state index contributed by atoms with van der Waals surface area (Å²) < 4.78 is 10.5. The molecule has 0 bridgehead atoms. The number of carbonyl (C=O) groups is 1. The Labute approximate surface area is 178 Å². The average molecular weight is 408 g/mol. The molecule has 0 radical (unpaired) electrons. The third-order valence-electron chi connectivity index (χ3n) is 4.93. The molecule has 1 aliphatic rings. The molecule has 0 saturated carbocycles. The van der Waals surface area contributed by atoms with E-state index in [1.807, 2.05) is 18.2 Å². The molecule has 1 unspecified atom stereocenters. The fourth-order valence-electron chi connectivity index (χ4n) is 3.40. The van der Waals surface area contributed by atoms with Gasteiger partial charge in [-0.3, -0.25) is 4.98 Å². The van der Waals surface area contributed by atoms with Gasteiger partial charge in [-0.05, 0) is 66.9 Å². The minimum absolute atomic E-state index is 0.400. The summed E-state index contributed by atoms with van der Waals surface area (Å²) in [6.45, 7) is 8.15. The van der Waals surface area contributed by atoms with Gasteiger partial charge in [0.25, 0.3) is 0 Å². The summed E-state index contributed by atoms with van der Waals surface area (Å²) in [6.07, 6.45) is 10.1. The fourth-order valence-corrected chi connectivity index (χ4v) is 3.40. The predicted molar refractivity (Wildman–Crippen MR) is 119 cm³/mol. The Kier molecular flexibility index (Phi) is 8.18. The zero-order chi connectivity index (χ0) is 21.2. The van der Waals surface area contributed by atoms with Crippen molar-refractivity contribution in [2.45, 2.75) is 13.0 Å². The lowest BCUT2D eigenvalue weighted by molar-refractivity contribution is 0.0600. The largest absolute Gasteiger partial charge is 0.490 e. The highest BCUT2D eigenvalue weighted by atomic mass is 16.5. The van der Waals surface area contributed by atoms with E-state index in [0.29, 0.717) is 18.1 Å². The second kappa shape index (κ2) is 11.3. The zero-order valence-corrected chi connectivity index (χ0v) is 17.4. The van der Waals surface area contributed by atoms with Gasteiger partial charge in [-0.1, -0.05) is 30.9 Å². The van der Waals surface area contributed by atoms with Crippen molar-refractivity contribution in [2.24, 2.45) is 5.92 Å². The van der Waals surface area contributed by atoms with Crippen LogP contribution in [0, 0.1) is 5.92 Å². The summed E-state index contributed by atoms with van der Waals surface area (Å²) in [6, 6.07) is 7.93. The van der Waals surface area contributed by atoms with Crippen molar-refractivity contribution in [3.8, 4) is 5.75 Å². The summed E-state index contributed by atoms with van der Waals surface area (Å²) in [5, 5.41) is 6.95. The number of aromatic nitrogens is 1. The highest BCUT2D eigenvalue weighted by Crippen LogP contribution is 2.20. The van der Waals surface area contributed by atoms with E-state index in [4.69, 9.17) is 9.47 Å². The quantitative estimate of drug-likeness (QED) is 0.465. The van der Waals surface area contributed by atoms with Crippen LogP contribution >= 0.6 is 0 Å². The number of rotatable bonds is 10. The van der Waals surface area contributed by atoms with E-state index >= 15 is 0 Å². The van der Waals surface area contributed by atoms with Crippen LogP contribution in [0.15, 0.2) is 49.3 Å². The molecule has 0 aliphatic carbocycles. The van der Waals surface area contributed by atoms with Crippen molar-refractivity contribution in [1.29, 1.82) is 0 Å². The van der Waals surface area contributed by atoms with E-state index in [1.165, 1.54) is 19.7 Å². The first kappa shape index (κ1) is 21.7. The molecule has 0 spiro atoms. The van der Waals surface area contributed by atoms with Gasteiger partial charge in [0.15, 0.2) is 0 Å². The number of hydrogen-bond donors (Lipinski definition) is 2. The van der Waals surface area contributed by atoms with E-state index < -0.39 is 5.97 Å². The van der Waals surface area contributed by atoms with Crippen molar-refractivity contribution in [1.82, 2.24) is 15.6 Å². The summed E-state index contributed by atoms with van der Waals surface area (Å²) in [7, 11) is 1.36. The van der Waals surface area contributed by atoms with Crippen molar-refractivity contribution in [3.05, 3.63) is 71.6 Å². The van der Waals surface area contributed by atoms with E-state index in [2.05, 4.69) is 34.3 Å². The fraction of sp³-hybridized carbons (Fsp3) is 0.333. The first-order valence-corrected chi connectivity index (χ1v) is 10.2. The van der Waals surface area contributed by atoms with E-state index in [-0.39, 0.29) is 0 Å². The Morgan fingerprint density at radius 2 is 2.13 bits per heavy atom. The molecule has 2 aromatic rings. The molecule has 1 aromatic carbocycles. The second-order valence-electron chi connectivity index (χ2n) is 7.33. The van der Waals surface area contributed by atoms with Crippen LogP contribution in [-0.2, 0) is 11.3 Å². The van der Waals surface area contributed by atoms with Crippen molar-refractivity contribution in [3.63, 3.8) is 0 Å². The van der Waals surface area contributed by atoms with Crippen molar-refractivity contribution >= 4 is 18.1 Å². The second-order valence-corrected chi connectivity index (χ2v) is 7.33. The number of esters is 1. The molecule has 158 valence electrons. The van der Waals surface area contributed by atoms with Crippen LogP contribution in [-0.4, -0.2) is 44.3 Å². The normalized spacial score (nSPS) is 16.0. The Bertz CT molecular complexity index is 889. The van der Waals surface area contributed by atoms with E-state index in [9.17, 15) is 4.79 Å². The lowest BCUT2D eigenvalue weighted by Gasteiger charge is -2.12. The van der Waals surface area contributed by atoms with Crippen LogP contribution < -0.4 is 15.4 Å². The number of nitrogens with zero attached hydrogens (tertiary/aromatic N) is 1. The maximum absolute atomic E-state index is 11.7. The van der Waals surface area contributed by atoms with Crippen molar-refractivity contribution in [2.75, 3.05) is 33.4 Å². The van der Waals surface area contributed by atoms with Crippen molar-refractivity contribution < 1.29 is 14.3 Å². The van der Waals surface area contributed by atoms with Crippen LogP contribution in [0.5, 0.6) is 5.75 Å². The Hall–Kier alpha value is -2.96. The highest BCUT2D eigenvalue weighted by Gasteiger charge is 2.13. The maximum atomic E-state index is 11.7. The summed E-state index contributed by atoms with van der Waals surface area (Å²) >= 11 is 0. The van der Waals surface area contributed by atoms with Gasteiger partial charge in [0.05, 0.1) is 12.7 Å². The number of carbonyl (C=O) groups excluding carboxylic acids is 1. The molecule has 1 aromatic heterocycles. The Morgan fingerprint density at radius 3 is 2.90 bits per heavy atom. The van der Waals surface area contributed by atoms with Gasteiger partial charge in [-0.15, -0.1) is 0 Å². The molecule has 30 heavy (non-hydrogen) atoms. The number of nitrogens with one attached hydrogen (secondary N) is 2. The van der Waals surface area contributed by atoms with Crippen LogP contribution in [0.1, 0.15) is 33.5 Å². The van der Waals surface area contributed by atoms with Crippen LogP contribution in [0.2, 0.25) is 0 Å². The lowest BCUT2D eigenvalue weighted by Crippen LogP contribution is -2.24. The van der Waals surface area contributed by atoms with Crippen LogP contribution in [0.4, 0.5) is 0 Å². The summed E-state index contributed by atoms with van der Waals surface area (Å²) in [5.74, 6) is 1.10.